The van der Waals surface area contributed by atoms with Crippen molar-refractivity contribution in [2.75, 3.05) is 31.4 Å². The third-order valence-electron chi connectivity index (χ3n) is 7.75. The zero-order chi connectivity index (χ0) is 32.9. The smallest absolute Gasteiger partial charge is 0.416 e. The van der Waals surface area contributed by atoms with Gasteiger partial charge in [-0.1, -0.05) is 12.8 Å². The van der Waals surface area contributed by atoms with Crippen LogP contribution in [0.25, 0.3) is 11.0 Å². The van der Waals surface area contributed by atoms with Gasteiger partial charge in [-0.15, -0.1) is 0 Å². The van der Waals surface area contributed by atoms with Crippen LogP contribution in [0.3, 0.4) is 0 Å². The molecule has 3 aliphatic rings. The highest BCUT2D eigenvalue weighted by atomic mass is 35.5. The molecule has 45 heavy (non-hydrogen) atoms. The summed E-state index contributed by atoms with van der Waals surface area (Å²) in [6, 6.07) is -0.126. The molecular weight excluding hydrogens is 629 g/mol. The minimum Gasteiger partial charge on any atom is -0.464 e. The topological polar surface area (TPSA) is 153 Å². The molecular formula is C29H43ClN5O9P. The van der Waals surface area contributed by atoms with Gasteiger partial charge >= 0.3 is 12.1 Å². The second kappa shape index (κ2) is 12.7. The fraction of sp³-hybridized carbons (Fsp3) is 0.759. The number of aromatic nitrogens is 4. The molecule has 1 unspecified atom stereocenters. The summed E-state index contributed by atoms with van der Waals surface area (Å²) in [6.07, 6.45) is 1.74. The summed E-state index contributed by atoms with van der Waals surface area (Å²) in [5.74, 6) is -2.62. The third kappa shape index (κ3) is 7.31. The molecule has 1 amide bonds. The molecule has 0 aromatic carbocycles. The van der Waals surface area contributed by atoms with E-state index >= 15 is 0 Å². The van der Waals surface area contributed by atoms with Gasteiger partial charge in [0, 0.05) is 6.04 Å². The van der Waals surface area contributed by atoms with Crippen LogP contribution in [0.5, 0.6) is 0 Å². The molecule has 2 saturated heterocycles. The summed E-state index contributed by atoms with van der Waals surface area (Å²) in [7, 11) is -3.04. The molecule has 250 valence electrons. The van der Waals surface area contributed by atoms with E-state index in [9.17, 15) is 14.2 Å². The maximum Gasteiger partial charge on any atom is 0.416 e. The molecule has 2 aromatic rings. The fourth-order valence-corrected chi connectivity index (χ4v) is 7.22. The lowest BCUT2D eigenvalue weighted by Gasteiger charge is -2.31. The Morgan fingerprint density at radius 2 is 1.84 bits per heavy atom. The first-order valence-electron chi connectivity index (χ1n) is 15.3. The highest BCUT2D eigenvalue weighted by Gasteiger charge is 2.57. The first-order valence-corrected chi connectivity index (χ1v) is 18.3. The van der Waals surface area contributed by atoms with Crippen molar-refractivity contribution < 1.29 is 42.6 Å². The quantitative estimate of drug-likeness (QED) is 0.198. The molecule has 0 radical (unpaired) electrons. The summed E-state index contributed by atoms with van der Waals surface area (Å²) in [6.45, 7) is 13.6. The molecule has 0 bridgehead atoms. The van der Waals surface area contributed by atoms with Gasteiger partial charge in [0.2, 0.25) is 11.1 Å². The summed E-state index contributed by atoms with van der Waals surface area (Å²) in [5.41, 5.74) is -0.397. The first-order chi connectivity index (χ1) is 21.0. The van der Waals surface area contributed by atoms with E-state index in [2.05, 4.69) is 15.1 Å². The van der Waals surface area contributed by atoms with Crippen LogP contribution in [-0.2, 0) is 37.8 Å². The summed E-state index contributed by atoms with van der Waals surface area (Å²) in [5, 5.41) is 5.01. The maximum atomic E-state index is 13.6. The first kappa shape index (κ1) is 34.0. The van der Waals surface area contributed by atoms with Gasteiger partial charge in [-0.25, -0.2) is 14.3 Å². The monoisotopic (exact) mass is 671 g/mol. The van der Waals surface area contributed by atoms with E-state index in [1.165, 1.54) is 18.0 Å². The van der Waals surface area contributed by atoms with Gasteiger partial charge in [0.05, 0.1) is 24.8 Å². The predicted molar refractivity (Wildman–Crippen MR) is 165 cm³/mol. The summed E-state index contributed by atoms with van der Waals surface area (Å²) >= 11 is 6.49. The Hall–Kier alpha value is -2.35. The molecule has 1 aliphatic carbocycles. The van der Waals surface area contributed by atoms with Gasteiger partial charge in [-0.3, -0.25) is 4.90 Å². The van der Waals surface area contributed by atoms with Gasteiger partial charge < -0.3 is 33.0 Å². The lowest BCUT2D eigenvalue weighted by atomic mass is 10.1. The second-order valence-electron chi connectivity index (χ2n) is 13.4. The standard InChI is InChI=1S/C29H43ClN5O9P/c1-9-39-24(36)25(45(7,8)38)40-15-18-19-20(43-29(5,6)42-19)23(41-18)35-22-17(14-31-35)21(32-26(30)33-22)34(16-12-10-11-13-16)27(37)44-28(2,3)4/h14,16,18-20,23,25H,9-13,15H2,1-8H3/t18-,19-,20-,23-,25?/m1/s1. The number of halogens is 1. The van der Waals surface area contributed by atoms with Crippen LogP contribution in [0.1, 0.15) is 73.5 Å². The number of ether oxygens (including phenoxy) is 6. The molecule has 14 nitrogen and oxygen atoms in total. The minimum absolute atomic E-state index is 0.0805. The lowest BCUT2D eigenvalue weighted by molar-refractivity contribution is -0.204. The van der Waals surface area contributed by atoms with Crippen molar-refractivity contribution in [3.05, 3.63) is 11.5 Å². The van der Waals surface area contributed by atoms with Gasteiger partial charge in [0.25, 0.3) is 0 Å². The van der Waals surface area contributed by atoms with Gasteiger partial charge in [-0.05, 0) is 79.3 Å². The molecule has 3 fully saturated rings. The normalized spacial score (nSPS) is 25.8. The van der Waals surface area contributed by atoms with Crippen molar-refractivity contribution >= 4 is 47.7 Å². The highest BCUT2D eigenvalue weighted by molar-refractivity contribution is 7.63. The van der Waals surface area contributed by atoms with E-state index in [1.54, 1.807) is 31.9 Å². The maximum absolute atomic E-state index is 13.6. The molecule has 4 heterocycles. The molecule has 0 spiro atoms. The van der Waals surface area contributed by atoms with E-state index < -0.39 is 61.0 Å². The zero-order valence-electron chi connectivity index (χ0n) is 27.0. The second-order valence-corrected chi connectivity index (χ2v) is 17.1. The molecule has 0 N–H and O–H groups in total. The largest absolute Gasteiger partial charge is 0.464 e. The lowest BCUT2D eigenvalue weighted by Crippen LogP contribution is -2.43. The Morgan fingerprint density at radius 3 is 2.47 bits per heavy atom. The minimum atomic E-state index is -3.04. The van der Waals surface area contributed by atoms with E-state index in [0.29, 0.717) is 16.9 Å². The number of esters is 1. The van der Waals surface area contributed by atoms with Gasteiger partial charge in [0.1, 0.15) is 31.1 Å². The number of hydrogen-bond donors (Lipinski definition) is 0. The van der Waals surface area contributed by atoms with E-state index in [-0.39, 0.29) is 24.5 Å². The van der Waals surface area contributed by atoms with Crippen molar-refractivity contribution in [3.8, 4) is 0 Å². The SMILES string of the molecule is CCOC(=O)C(OC[C@H]1O[C@@H](n2ncc3c(N(C(=O)OC(C)(C)C)C4CCCC4)nc(Cl)nc32)[C@@H]2OC(C)(C)O[C@@H]21)P(C)(C)=O. The number of fused-ring (bicyclic) bond motifs is 2. The molecule has 2 aromatic heterocycles. The van der Waals surface area contributed by atoms with Crippen LogP contribution in [0.2, 0.25) is 5.28 Å². The van der Waals surface area contributed by atoms with Crippen molar-refractivity contribution in [3.63, 3.8) is 0 Å². The number of rotatable bonds is 9. The highest BCUT2D eigenvalue weighted by Crippen LogP contribution is 2.47. The third-order valence-corrected chi connectivity index (χ3v) is 9.41. The number of anilines is 1. The Labute approximate surface area is 267 Å². The Kier molecular flexibility index (Phi) is 9.59. The van der Waals surface area contributed by atoms with E-state index in [1.807, 2.05) is 20.8 Å². The van der Waals surface area contributed by atoms with Crippen molar-refractivity contribution in [1.29, 1.82) is 0 Å². The van der Waals surface area contributed by atoms with Crippen molar-refractivity contribution in [1.82, 2.24) is 19.7 Å². The van der Waals surface area contributed by atoms with Gasteiger partial charge in [-0.2, -0.15) is 15.1 Å². The number of carbonyl (C=O) groups excluding carboxylic acids is 2. The van der Waals surface area contributed by atoms with Crippen LogP contribution < -0.4 is 4.90 Å². The number of amides is 1. The zero-order valence-corrected chi connectivity index (χ0v) is 28.7. The summed E-state index contributed by atoms with van der Waals surface area (Å²) in [4.78, 5) is 36.7. The number of carbonyl (C=O) groups is 2. The fourth-order valence-electron chi connectivity index (χ4n) is 6.03. The summed E-state index contributed by atoms with van der Waals surface area (Å²) < 4.78 is 50.1. The van der Waals surface area contributed by atoms with Crippen LogP contribution in [0, 0.1) is 0 Å². The van der Waals surface area contributed by atoms with Crippen LogP contribution in [0.4, 0.5) is 10.6 Å². The van der Waals surface area contributed by atoms with Crippen molar-refractivity contribution in [2.45, 2.75) is 115 Å². The van der Waals surface area contributed by atoms with Gasteiger partial charge in [0.15, 0.2) is 23.5 Å². The molecule has 5 rings (SSSR count). The molecule has 16 heteroatoms. The van der Waals surface area contributed by atoms with Crippen molar-refractivity contribution in [2.24, 2.45) is 0 Å². The Bertz CT molecular complexity index is 1470. The molecule has 5 atom stereocenters. The number of nitrogens with zero attached hydrogens (tertiary/aromatic N) is 5. The van der Waals surface area contributed by atoms with E-state index in [0.717, 1.165) is 25.7 Å². The van der Waals surface area contributed by atoms with E-state index in [4.69, 9.17) is 40.0 Å². The Morgan fingerprint density at radius 1 is 1.18 bits per heavy atom. The average Bonchev–Trinajstić information content (AvgIpc) is 3.67. The van der Waals surface area contributed by atoms with Crippen LogP contribution in [-0.4, -0.2) is 99.9 Å². The predicted octanol–water partition coefficient (Wildman–Crippen LogP) is 5.11. The average molecular weight is 672 g/mol. The van der Waals surface area contributed by atoms with Crippen LogP contribution >= 0.6 is 18.7 Å². The van der Waals surface area contributed by atoms with Crippen LogP contribution in [0.15, 0.2) is 6.20 Å². The molecule has 2 aliphatic heterocycles. The molecule has 1 saturated carbocycles. The number of hydrogen-bond acceptors (Lipinski definition) is 12. The Balaban J connectivity index is 1.49.